The van der Waals surface area contributed by atoms with Crippen molar-refractivity contribution in [1.29, 1.82) is 0 Å². The van der Waals surface area contributed by atoms with Crippen LogP contribution in [0.2, 0.25) is 0 Å². The quantitative estimate of drug-likeness (QED) is 0.0854. The lowest BCUT2D eigenvalue weighted by molar-refractivity contribution is -0.137. The number of allylic oxidation sites excluding steroid dienone is 10. The standard InChI is InChI=1S/C49H60N4O5/c1-10-35-31(6)40-26-45-49(46(54)19-13-18-30(5)17-12-16-29(4)15-11-14-28(2)3)34(9)41(53-45)24-38-32(7)36(20-22-47(55)56)43(51-38)27-44-37(21-23-48(57)58)33(8)39(52-44)25-42(35)50-40/h10,14,16,18,24-27,46,50,53-54H,1,11-13,15,17,19-23H2,2-9H3,(H,55,56)(H,57,58)/b29-16+,30-18+,38-24?,39-25?,40-26?,41-24?,42-25?,43-27?,44-27?,45-26?. The fourth-order valence-corrected chi connectivity index (χ4v) is 7.90. The van der Waals surface area contributed by atoms with Crippen LogP contribution in [0, 0.1) is 13.8 Å². The number of nitrogens with zero attached hydrogens (tertiary/aromatic N) is 2. The number of hydrogen-bond acceptors (Lipinski definition) is 5. The van der Waals surface area contributed by atoms with Crippen LogP contribution in [0.4, 0.5) is 0 Å². The van der Waals surface area contributed by atoms with Gasteiger partial charge in [0.2, 0.25) is 0 Å². The Morgan fingerprint density at radius 2 is 1.16 bits per heavy atom. The monoisotopic (exact) mass is 784 g/mol. The van der Waals surface area contributed by atoms with Crippen LogP contribution in [-0.4, -0.2) is 47.2 Å². The molecule has 8 bridgehead atoms. The Kier molecular flexibility index (Phi) is 14.5. The molecule has 58 heavy (non-hydrogen) atoms. The molecule has 3 aromatic heterocycles. The Bertz CT molecular complexity index is 2430. The Morgan fingerprint density at radius 1 is 0.655 bits per heavy atom. The fourth-order valence-electron chi connectivity index (χ4n) is 7.90. The van der Waals surface area contributed by atoms with E-state index in [1.807, 2.05) is 58.0 Å². The highest BCUT2D eigenvalue weighted by atomic mass is 16.4. The minimum Gasteiger partial charge on any atom is -0.481 e. The summed E-state index contributed by atoms with van der Waals surface area (Å²) >= 11 is 0. The number of aliphatic hydroxyl groups excluding tert-OH is 1. The molecule has 0 aliphatic carbocycles. The molecule has 9 heteroatoms. The lowest BCUT2D eigenvalue weighted by atomic mass is 9.98. The SMILES string of the molecule is C=Cc1c(C)c2cc3[nH]c(cc4nc(cc5nc(cc1[nH]2)C(C)=C5CCC(=O)O)C(CCC(=O)O)=C4C)c(C)c3C(O)CC/C=C(\C)CC/C=C(\C)CCC=C(C)C. The third kappa shape index (κ3) is 10.5. The average Bonchev–Trinajstić information content (AvgIpc) is 3.82. The Morgan fingerprint density at radius 3 is 1.69 bits per heavy atom. The molecule has 0 aromatic carbocycles. The second-order valence-corrected chi connectivity index (χ2v) is 16.1. The van der Waals surface area contributed by atoms with Crippen molar-refractivity contribution in [3.05, 3.63) is 111 Å². The number of hydrogen-bond donors (Lipinski definition) is 5. The molecule has 0 radical (unpaired) electrons. The van der Waals surface area contributed by atoms with Gasteiger partial charge in [-0.05, 0) is 164 Å². The Balaban J connectivity index is 1.63. The molecule has 0 spiro atoms. The second kappa shape index (κ2) is 19.3. The highest BCUT2D eigenvalue weighted by molar-refractivity contribution is 5.97. The van der Waals surface area contributed by atoms with E-state index in [2.05, 4.69) is 62.5 Å². The van der Waals surface area contributed by atoms with Gasteiger partial charge in [-0.2, -0.15) is 0 Å². The normalized spacial score (nSPS) is 13.9. The summed E-state index contributed by atoms with van der Waals surface area (Å²) in [6.45, 7) is 20.7. The zero-order valence-corrected chi connectivity index (χ0v) is 35.5. The van der Waals surface area contributed by atoms with E-state index in [-0.39, 0.29) is 25.7 Å². The van der Waals surface area contributed by atoms with Gasteiger partial charge in [-0.1, -0.05) is 47.6 Å². The second-order valence-electron chi connectivity index (χ2n) is 16.1. The summed E-state index contributed by atoms with van der Waals surface area (Å²) in [5.74, 6) is -1.81. The van der Waals surface area contributed by atoms with Crippen molar-refractivity contribution in [2.75, 3.05) is 0 Å². The molecule has 0 saturated carbocycles. The van der Waals surface area contributed by atoms with Crippen molar-refractivity contribution in [3.63, 3.8) is 0 Å². The van der Waals surface area contributed by atoms with E-state index in [4.69, 9.17) is 9.97 Å². The van der Waals surface area contributed by atoms with Crippen LogP contribution in [0.1, 0.15) is 157 Å². The summed E-state index contributed by atoms with van der Waals surface area (Å²) in [7, 11) is 0. The van der Waals surface area contributed by atoms with Gasteiger partial charge in [0.15, 0.2) is 0 Å². The smallest absolute Gasteiger partial charge is 0.303 e. The maximum absolute atomic E-state index is 11.9. The summed E-state index contributed by atoms with van der Waals surface area (Å²) < 4.78 is 0. The van der Waals surface area contributed by atoms with Crippen LogP contribution in [0.5, 0.6) is 0 Å². The number of H-pyrrole nitrogens is 2. The summed E-state index contributed by atoms with van der Waals surface area (Å²) in [5, 5.41) is 31.1. The molecule has 9 nitrogen and oxygen atoms in total. The predicted molar refractivity (Wildman–Crippen MR) is 239 cm³/mol. The van der Waals surface area contributed by atoms with E-state index < -0.39 is 18.0 Å². The summed E-state index contributed by atoms with van der Waals surface area (Å²) in [6, 6.07) is 7.85. The number of carboxylic acids is 2. The fraction of sp³-hybridized carbons (Fsp3) is 0.388. The van der Waals surface area contributed by atoms with Gasteiger partial charge in [0.1, 0.15) is 0 Å². The molecule has 3 aromatic rings. The number of carbonyl (C=O) groups is 2. The van der Waals surface area contributed by atoms with E-state index in [1.165, 1.54) is 16.7 Å². The first-order valence-corrected chi connectivity index (χ1v) is 20.4. The van der Waals surface area contributed by atoms with Crippen LogP contribution in [-0.2, 0) is 9.59 Å². The van der Waals surface area contributed by atoms with Gasteiger partial charge >= 0.3 is 11.9 Å². The summed E-state index contributed by atoms with van der Waals surface area (Å²) in [5.41, 5.74) is 16.9. The number of aliphatic carboxylic acids is 2. The highest BCUT2D eigenvalue weighted by Crippen LogP contribution is 2.39. The van der Waals surface area contributed by atoms with Gasteiger partial charge in [0.25, 0.3) is 0 Å². The maximum Gasteiger partial charge on any atom is 0.303 e. The molecule has 0 fully saturated rings. The molecule has 1 unspecified atom stereocenters. The van der Waals surface area contributed by atoms with Gasteiger partial charge in [-0.3, -0.25) is 9.59 Å². The summed E-state index contributed by atoms with van der Waals surface area (Å²) in [4.78, 5) is 40.7. The maximum atomic E-state index is 11.9. The zero-order chi connectivity index (χ0) is 42.3. The van der Waals surface area contributed by atoms with E-state index in [1.54, 1.807) is 0 Å². The van der Waals surface area contributed by atoms with Gasteiger partial charge in [0, 0.05) is 46.0 Å². The molecular formula is C49H60N4O5. The van der Waals surface area contributed by atoms with Crippen LogP contribution >= 0.6 is 0 Å². The predicted octanol–water partition coefficient (Wildman–Crippen LogP) is 12.4. The van der Waals surface area contributed by atoms with Gasteiger partial charge < -0.3 is 25.3 Å². The van der Waals surface area contributed by atoms with Crippen molar-refractivity contribution in [2.45, 2.75) is 126 Å². The minimum absolute atomic E-state index is 0.0587. The highest BCUT2D eigenvalue weighted by Gasteiger charge is 2.23. The number of carboxylic acid groups (broad SMARTS) is 2. The number of aromatic nitrogens is 4. The minimum atomic E-state index is -0.906. The van der Waals surface area contributed by atoms with E-state index in [9.17, 15) is 24.9 Å². The van der Waals surface area contributed by atoms with Crippen LogP contribution in [0.3, 0.4) is 0 Å². The van der Waals surface area contributed by atoms with Gasteiger partial charge in [-0.25, -0.2) is 9.97 Å². The number of aliphatic hydroxyl groups is 1. The van der Waals surface area contributed by atoms with Crippen molar-refractivity contribution in [1.82, 2.24) is 19.9 Å². The molecule has 0 saturated heterocycles. The van der Waals surface area contributed by atoms with Crippen molar-refractivity contribution < 1.29 is 24.9 Å². The first kappa shape index (κ1) is 43.6. The zero-order valence-electron chi connectivity index (χ0n) is 35.5. The molecule has 5 rings (SSSR count). The molecule has 5 heterocycles. The Hall–Kier alpha value is -5.54. The number of nitrogens with one attached hydrogen (secondary N) is 2. The van der Waals surface area contributed by atoms with Gasteiger partial charge in [-0.15, -0.1) is 0 Å². The molecule has 2 aliphatic heterocycles. The molecule has 1 atom stereocenters. The van der Waals surface area contributed by atoms with Crippen molar-refractivity contribution >= 4 is 62.4 Å². The molecule has 0 amide bonds. The van der Waals surface area contributed by atoms with E-state index in [0.29, 0.717) is 29.2 Å². The van der Waals surface area contributed by atoms with Crippen molar-refractivity contribution in [3.8, 4) is 0 Å². The molecule has 5 N–H and O–H groups in total. The molecular weight excluding hydrogens is 725 g/mol. The number of aromatic amines is 2. The van der Waals surface area contributed by atoms with Crippen LogP contribution in [0.25, 0.3) is 50.4 Å². The first-order chi connectivity index (χ1) is 27.6. The Labute approximate surface area is 342 Å². The van der Waals surface area contributed by atoms with E-state index in [0.717, 1.165) is 98.7 Å². The largest absolute Gasteiger partial charge is 0.481 e. The number of fused-ring (bicyclic) bond motifs is 8. The third-order valence-corrected chi connectivity index (χ3v) is 11.4. The molecule has 2 aliphatic rings. The summed E-state index contributed by atoms with van der Waals surface area (Å²) in [6.07, 6.45) is 13.8. The number of rotatable bonds is 17. The average molecular weight is 785 g/mol. The van der Waals surface area contributed by atoms with Crippen LogP contribution in [0.15, 0.2) is 65.8 Å². The number of aryl methyl sites for hydroxylation is 2. The first-order valence-electron chi connectivity index (χ1n) is 20.4. The third-order valence-electron chi connectivity index (χ3n) is 11.4. The van der Waals surface area contributed by atoms with Gasteiger partial charge in [0.05, 0.1) is 28.9 Å². The topological polar surface area (TPSA) is 152 Å². The lowest BCUT2D eigenvalue weighted by Crippen LogP contribution is -1.98. The van der Waals surface area contributed by atoms with Crippen LogP contribution < -0.4 is 0 Å². The molecule has 306 valence electrons. The van der Waals surface area contributed by atoms with Crippen molar-refractivity contribution in [2.24, 2.45) is 0 Å². The lowest BCUT2D eigenvalue weighted by Gasteiger charge is -2.10. The van der Waals surface area contributed by atoms with E-state index >= 15 is 0 Å².